The Labute approximate surface area is 135 Å². The van der Waals surface area contributed by atoms with E-state index in [9.17, 15) is 4.79 Å². The van der Waals surface area contributed by atoms with Gasteiger partial charge in [-0.25, -0.2) is 4.98 Å². The lowest BCUT2D eigenvalue weighted by molar-refractivity contribution is 0.0688. The molecule has 2 atom stereocenters. The highest BCUT2D eigenvalue weighted by atomic mass is 16.5. The van der Waals surface area contributed by atoms with Crippen LogP contribution in [0.5, 0.6) is 11.6 Å². The van der Waals surface area contributed by atoms with Crippen LogP contribution in [0.25, 0.3) is 0 Å². The van der Waals surface area contributed by atoms with Crippen LogP contribution in [-0.2, 0) is 0 Å². The molecular weight excluding hydrogens is 288 g/mol. The summed E-state index contributed by atoms with van der Waals surface area (Å²) in [7, 11) is 0. The Bertz CT molecular complexity index is 742. The number of pyridine rings is 1. The standard InChI is InChI=1S/C19H18N2O2/c22-19(21-15-6-4-7-16(21)11-10-15)14-5-3-8-17(13-14)23-18-9-1-2-12-20-18/h1-6,8-9,12-13,15-16H,7,10-11H2. The number of benzene rings is 1. The molecule has 0 radical (unpaired) electrons. The number of hydrogen-bond acceptors (Lipinski definition) is 3. The van der Waals surface area contributed by atoms with Crippen LogP contribution in [0, 0.1) is 0 Å². The molecule has 1 saturated heterocycles. The van der Waals surface area contributed by atoms with E-state index in [-0.39, 0.29) is 11.9 Å². The van der Waals surface area contributed by atoms with Crippen molar-refractivity contribution in [3.63, 3.8) is 0 Å². The molecule has 0 saturated carbocycles. The van der Waals surface area contributed by atoms with E-state index < -0.39 is 0 Å². The minimum atomic E-state index is 0.0910. The maximum absolute atomic E-state index is 12.9. The Balaban J connectivity index is 1.56. The Hall–Kier alpha value is -2.62. The van der Waals surface area contributed by atoms with Gasteiger partial charge in [-0.1, -0.05) is 24.3 Å². The van der Waals surface area contributed by atoms with Crippen molar-refractivity contribution in [3.8, 4) is 11.6 Å². The summed E-state index contributed by atoms with van der Waals surface area (Å²) in [4.78, 5) is 19.1. The van der Waals surface area contributed by atoms with Crippen molar-refractivity contribution in [1.82, 2.24) is 9.88 Å². The molecule has 23 heavy (non-hydrogen) atoms. The third kappa shape index (κ3) is 2.72. The fourth-order valence-corrected chi connectivity index (χ4v) is 3.41. The zero-order valence-corrected chi connectivity index (χ0v) is 12.8. The van der Waals surface area contributed by atoms with E-state index in [0.717, 1.165) is 19.3 Å². The van der Waals surface area contributed by atoms with Gasteiger partial charge in [0.1, 0.15) is 5.75 Å². The van der Waals surface area contributed by atoms with Crippen LogP contribution < -0.4 is 4.74 Å². The fraction of sp³-hybridized carbons (Fsp3) is 0.263. The molecule has 2 bridgehead atoms. The van der Waals surface area contributed by atoms with Gasteiger partial charge < -0.3 is 9.64 Å². The van der Waals surface area contributed by atoms with Crippen LogP contribution in [0.15, 0.2) is 60.8 Å². The van der Waals surface area contributed by atoms with Gasteiger partial charge in [-0.3, -0.25) is 4.79 Å². The number of amides is 1. The van der Waals surface area contributed by atoms with Gasteiger partial charge in [0.2, 0.25) is 5.88 Å². The molecule has 1 aromatic carbocycles. The molecule has 1 amide bonds. The average Bonchev–Trinajstić information content (AvgIpc) is 2.84. The maximum Gasteiger partial charge on any atom is 0.254 e. The van der Waals surface area contributed by atoms with Crippen LogP contribution in [0.4, 0.5) is 0 Å². The molecule has 2 aromatic rings. The third-order valence-electron chi connectivity index (χ3n) is 4.49. The fourth-order valence-electron chi connectivity index (χ4n) is 3.41. The van der Waals surface area contributed by atoms with Crippen molar-refractivity contribution >= 4 is 5.91 Å². The van der Waals surface area contributed by atoms with Crippen LogP contribution in [0.3, 0.4) is 0 Å². The van der Waals surface area contributed by atoms with Gasteiger partial charge in [0.15, 0.2) is 0 Å². The second kappa shape index (κ2) is 5.88. The highest BCUT2D eigenvalue weighted by Gasteiger charge is 2.37. The molecule has 2 aliphatic rings. The third-order valence-corrected chi connectivity index (χ3v) is 4.49. The molecule has 116 valence electrons. The van der Waals surface area contributed by atoms with E-state index in [4.69, 9.17) is 4.74 Å². The Kier molecular flexibility index (Phi) is 3.58. The van der Waals surface area contributed by atoms with Crippen molar-refractivity contribution < 1.29 is 9.53 Å². The first-order valence-electron chi connectivity index (χ1n) is 7.99. The summed E-state index contributed by atoms with van der Waals surface area (Å²) in [6.07, 6.45) is 9.17. The first kappa shape index (κ1) is 14.0. The molecule has 0 spiro atoms. The van der Waals surface area contributed by atoms with Gasteiger partial charge in [-0.05, 0) is 43.5 Å². The highest BCUT2D eigenvalue weighted by Crippen LogP contribution is 2.33. The predicted molar refractivity (Wildman–Crippen MR) is 87.5 cm³/mol. The summed E-state index contributed by atoms with van der Waals surface area (Å²) >= 11 is 0. The molecule has 4 nitrogen and oxygen atoms in total. The monoisotopic (exact) mass is 306 g/mol. The smallest absolute Gasteiger partial charge is 0.254 e. The number of nitrogens with zero attached hydrogens (tertiary/aromatic N) is 2. The van der Waals surface area contributed by atoms with E-state index in [1.807, 2.05) is 35.2 Å². The first-order chi connectivity index (χ1) is 11.3. The molecule has 2 aliphatic heterocycles. The Morgan fingerprint density at radius 1 is 1.17 bits per heavy atom. The van der Waals surface area contributed by atoms with E-state index in [0.29, 0.717) is 23.2 Å². The molecule has 1 aromatic heterocycles. The van der Waals surface area contributed by atoms with Gasteiger partial charge in [0.05, 0.1) is 6.04 Å². The highest BCUT2D eigenvalue weighted by molar-refractivity contribution is 5.95. The SMILES string of the molecule is O=C(c1cccc(Oc2ccccn2)c1)N1C2C=CCC1CC2. The van der Waals surface area contributed by atoms with Gasteiger partial charge >= 0.3 is 0 Å². The van der Waals surface area contributed by atoms with Gasteiger partial charge in [-0.2, -0.15) is 0 Å². The molecule has 3 heterocycles. The zero-order chi connectivity index (χ0) is 15.6. The van der Waals surface area contributed by atoms with Crippen molar-refractivity contribution in [2.75, 3.05) is 0 Å². The Morgan fingerprint density at radius 2 is 2.13 bits per heavy atom. The number of rotatable bonds is 3. The summed E-state index contributed by atoms with van der Waals surface area (Å²) in [5, 5.41) is 0. The van der Waals surface area contributed by atoms with Crippen molar-refractivity contribution in [2.24, 2.45) is 0 Å². The lowest BCUT2D eigenvalue weighted by Crippen LogP contribution is -2.42. The molecule has 4 rings (SSSR count). The van der Waals surface area contributed by atoms with Crippen molar-refractivity contribution in [2.45, 2.75) is 31.3 Å². The second-order valence-corrected chi connectivity index (χ2v) is 5.97. The van der Waals surface area contributed by atoms with E-state index in [2.05, 4.69) is 17.1 Å². The minimum Gasteiger partial charge on any atom is -0.439 e. The van der Waals surface area contributed by atoms with Crippen molar-refractivity contribution in [1.29, 1.82) is 0 Å². The normalized spacial score (nSPS) is 22.2. The molecule has 2 unspecified atom stereocenters. The van der Waals surface area contributed by atoms with Gasteiger partial charge in [0, 0.05) is 23.9 Å². The van der Waals surface area contributed by atoms with Crippen LogP contribution in [-0.4, -0.2) is 27.9 Å². The molecule has 0 N–H and O–H groups in total. The number of carbonyl (C=O) groups excluding carboxylic acids is 1. The first-order valence-corrected chi connectivity index (χ1v) is 7.99. The van der Waals surface area contributed by atoms with E-state index in [1.54, 1.807) is 18.3 Å². The largest absolute Gasteiger partial charge is 0.439 e. The average molecular weight is 306 g/mol. The van der Waals surface area contributed by atoms with Crippen LogP contribution >= 0.6 is 0 Å². The maximum atomic E-state index is 12.9. The van der Waals surface area contributed by atoms with Crippen molar-refractivity contribution in [3.05, 3.63) is 66.4 Å². The molecular formula is C19H18N2O2. The minimum absolute atomic E-state index is 0.0910. The number of fused-ring (bicyclic) bond motifs is 2. The number of aromatic nitrogens is 1. The zero-order valence-electron chi connectivity index (χ0n) is 12.8. The topological polar surface area (TPSA) is 42.4 Å². The number of ether oxygens (including phenoxy) is 1. The van der Waals surface area contributed by atoms with Gasteiger partial charge in [-0.15, -0.1) is 0 Å². The quantitative estimate of drug-likeness (QED) is 0.810. The van der Waals surface area contributed by atoms with Gasteiger partial charge in [0.25, 0.3) is 5.91 Å². The number of hydrogen-bond donors (Lipinski definition) is 0. The predicted octanol–water partition coefficient (Wildman–Crippen LogP) is 3.81. The molecule has 4 heteroatoms. The lowest BCUT2D eigenvalue weighted by atomic mass is 10.1. The summed E-state index contributed by atoms with van der Waals surface area (Å²) in [6.45, 7) is 0. The Morgan fingerprint density at radius 3 is 2.96 bits per heavy atom. The number of carbonyl (C=O) groups is 1. The summed E-state index contributed by atoms with van der Waals surface area (Å²) in [5.74, 6) is 1.25. The summed E-state index contributed by atoms with van der Waals surface area (Å²) in [5.41, 5.74) is 0.672. The van der Waals surface area contributed by atoms with Crippen LogP contribution in [0.1, 0.15) is 29.6 Å². The summed E-state index contributed by atoms with van der Waals surface area (Å²) in [6, 6.07) is 13.5. The van der Waals surface area contributed by atoms with E-state index in [1.165, 1.54) is 0 Å². The lowest BCUT2D eigenvalue weighted by Gasteiger charge is -2.31. The second-order valence-electron chi connectivity index (χ2n) is 5.97. The van der Waals surface area contributed by atoms with Crippen LogP contribution in [0.2, 0.25) is 0 Å². The summed E-state index contributed by atoms with van der Waals surface area (Å²) < 4.78 is 5.73. The molecule has 0 aliphatic carbocycles. The van der Waals surface area contributed by atoms with E-state index >= 15 is 0 Å². The molecule has 1 fully saturated rings.